The van der Waals surface area contributed by atoms with E-state index in [9.17, 15) is 9.59 Å². The smallest absolute Gasteiger partial charge is 0.349 e. The summed E-state index contributed by atoms with van der Waals surface area (Å²) in [6.45, 7) is 3.78. The Hall–Kier alpha value is -2.92. The van der Waals surface area contributed by atoms with Gasteiger partial charge < -0.3 is 10.1 Å². The van der Waals surface area contributed by atoms with Gasteiger partial charge in [-0.2, -0.15) is 0 Å². The van der Waals surface area contributed by atoms with Gasteiger partial charge in [-0.3, -0.25) is 4.79 Å². The molecule has 2 aromatic carbocycles. The number of rotatable bonds is 7. The van der Waals surface area contributed by atoms with Crippen molar-refractivity contribution in [2.45, 2.75) is 26.7 Å². The summed E-state index contributed by atoms with van der Waals surface area (Å²) in [5.41, 5.74) is 4.74. The van der Waals surface area contributed by atoms with Crippen LogP contribution in [0.5, 0.6) is 0 Å². The third kappa shape index (κ3) is 4.49. The van der Waals surface area contributed by atoms with Crippen LogP contribution in [-0.4, -0.2) is 18.5 Å². The first-order valence-electron chi connectivity index (χ1n) is 9.34. The molecule has 0 aliphatic rings. The first-order valence-corrected chi connectivity index (χ1v) is 10.2. The number of esters is 1. The van der Waals surface area contributed by atoms with E-state index in [1.165, 1.54) is 11.3 Å². The second kappa shape index (κ2) is 9.33. The van der Waals surface area contributed by atoms with Crippen molar-refractivity contribution in [3.05, 3.63) is 76.0 Å². The molecule has 28 heavy (non-hydrogen) atoms. The van der Waals surface area contributed by atoms with Gasteiger partial charge in [-0.25, -0.2) is 4.79 Å². The van der Waals surface area contributed by atoms with Gasteiger partial charge in [-0.1, -0.05) is 62.4 Å². The first-order chi connectivity index (χ1) is 13.6. The van der Waals surface area contributed by atoms with E-state index in [4.69, 9.17) is 4.74 Å². The van der Waals surface area contributed by atoms with E-state index in [0.29, 0.717) is 4.88 Å². The number of carbonyl (C=O) groups is 2. The summed E-state index contributed by atoms with van der Waals surface area (Å²) in [5, 5.41) is 4.77. The van der Waals surface area contributed by atoms with Crippen molar-refractivity contribution in [2.75, 3.05) is 11.9 Å². The Kier molecular flexibility index (Phi) is 6.61. The number of hydrogen-bond donors (Lipinski definition) is 1. The summed E-state index contributed by atoms with van der Waals surface area (Å²) >= 11 is 1.31. The van der Waals surface area contributed by atoms with Gasteiger partial charge in [-0.15, -0.1) is 11.3 Å². The zero-order valence-electron chi connectivity index (χ0n) is 16.0. The van der Waals surface area contributed by atoms with Gasteiger partial charge in [0.15, 0.2) is 6.61 Å². The van der Waals surface area contributed by atoms with Crippen LogP contribution in [0.3, 0.4) is 0 Å². The predicted octanol–water partition coefficient (Wildman–Crippen LogP) is 5.34. The molecule has 0 saturated carbocycles. The molecule has 1 aromatic heterocycles. The molecule has 0 bridgehead atoms. The van der Waals surface area contributed by atoms with Crippen molar-refractivity contribution in [3.8, 4) is 11.1 Å². The minimum Gasteiger partial charge on any atom is -0.451 e. The number of benzene rings is 2. The average molecular weight is 394 g/mol. The number of carbonyl (C=O) groups excluding carboxylic acids is 2. The molecule has 3 rings (SSSR count). The van der Waals surface area contributed by atoms with Gasteiger partial charge in [0.1, 0.15) is 4.88 Å². The van der Waals surface area contributed by atoms with Crippen LogP contribution in [0.25, 0.3) is 11.1 Å². The summed E-state index contributed by atoms with van der Waals surface area (Å²) in [7, 11) is 0. The monoisotopic (exact) mass is 393 g/mol. The molecule has 0 saturated heterocycles. The van der Waals surface area contributed by atoms with Gasteiger partial charge in [0.2, 0.25) is 0 Å². The molecule has 1 heterocycles. The lowest BCUT2D eigenvalue weighted by Crippen LogP contribution is -2.22. The molecule has 0 unspecified atom stereocenters. The van der Waals surface area contributed by atoms with Crippen molar-refractivity contribution in [3.63, 3.8) is 0 Å². The molecule has 0 aliphatic heterocycles. The average Bonchev–Trinajstić information content (AvgIpc) is 3.23. The molecule has 1 N–H and O–H groups in total. The molecular weight excluding hydrogens is 370 g/mol. The lowest BCUT2D eigenvalue weighted by Gasteiger charge is -2.14. The maximum atomic E-state index is 12.5. The maximum absolute atomic E-state index is 12.5. The minimum atomic E-state index is -0.483. The van der Waals surface area contributed by atoms with E-state index in [-0.39, 0.29) is 12.5 Å². The summed E-state index contributed by atoms with van der Waals surface area (Å²) in [4.78, 5) is 25.4. The Morgan fingerprint density at radius 2 is 1.61 bits per heavy atom. The number of aryl methyl sites for hydroxylation is 2. The topological polar surface area (TPSA) is 55.4 Å². The van der Waals surface area contributed by atoms with Crippen LogP contribution in [-0.2, 0) is 22.4 Å². The van der Waals surface area contributed by atoms with E-state index in [2.05, 4.69) is 5.32 Å². The first kappa shape index (κ1) is 19.8. The summed E-state index contributed by atoms with van der Waals surface area (Å²) in [6, 6.07) is 17.5. The van der Waals surface area contributed by atoms with Crippen molar-refractivity contribution < 1.29 is 14.3 Å². The van der Waals surface area contributed by atoms with Crippen LogP contribution in [0.15, 0.2) is 60.0 Å². The molecule has 0 fully saturated rings. The van der Waals surface area contributed by atoms with Crippen LogP contribution < -0.4 is 5.32 Å². The van der Waals surface area contributed by atoms with Crippen molar-refractivity contribution in [2.24, 2.45) is 0 Å². The lowest BCUT2D eigenvalue weighted by atomic mass is 10.0. The largest absolute Gasteiger partial charge is 0.451 e. The zero-order valence-corrected chi connectivity index (χ0v) is 16.8. The molecule has 5 heteroatoms. The van der Waals surface area contributed by atoms with Crippen molar-refractivity contribution in [1.82, 2.24) is 0 Å². The standard InChI is InChI=1S/C23H23NO3S/c1-3-16-11-8-12-17(4-2)21(16)24-20(25)15-27-23(26)22-19(13-14-28-22)18-9-6-5-7-10-18/h5-14H,3-4,15H2,1-2H3,(H,24,25). The fraction of sp³-hybridized carbons (Fsp3) is 0.217. The number of anilines is 1. The van der Waals surface area contributed by atoms with Gasteiger partial charge in [0.05, 0.1) is 0 Å². The number of para-hydroxylation sites is 1. The molecule has 0 spiro atoms. The van der Waals surface area contributed by atoms with Crippen LogP contribution in [0, 0.1) is 0 Å². The Morgan fingerprint density at radius 1 is 0.929 bits per heavy atom. The van der Waals surface area contributed by atoms with E-state index in [0.717, 1.165) is 40.8 Å². The SMILES string of the molecule is CCc1cccc(CC)c1NC(=O)COC(=O)c1sccc1-c1ccccc1. The molecular formula is C23H23NO3S. The van der Waals surface area contributed by atoms with E-state index < -0.39 is 5.97 Å². The highest BCUT2D eigenvalue weighted by Gasteiger charge is 2.18. The van der Waals surface area contributed by atoms with E-state index in [1.807, 2.05) is 73.8 Å². The summed E-state index contributed by atoms with van der Waals surface area (Å²) in [6.07, 6.45) is 1.64. The third-order valence-corrected chi connectivity index (χ3v) is 5.43. The minimum absolute atomic E-state index is 0.313. The molecule has 1 amide bonds. The number of nitrogens with one attached hydrogen (secondary N) is 1. The molecule has 3 aromatic rings. The van der Waals surface area contributed by atoms with Gasteiger partial charge in [0.25, 0.3) is 5.91 Å². The fourth-order valence-electron chi connectivity index (χ4n) is 3.09. The quantitative estimate of drug-likeness (QED) is 0.552. The van der Waals surface area contributed by atoms with Crippen molar-refractivity contribution in [1.29, 1.82) is 0 Å². The Labute approximate surface area is 169 Å². The summed E-state index contributed by atoms with van der Waals surface area (Å²) in [5.74, 6) is -0.815. The second-order valence-corrected chi connectivity index (χ2v) is 7.23. The Balaban J connectivity index is 1.67. The van der Waals surface area contributed by atoms with Crippen LogP contribution >= 0.6 is 11.3 Å². The molecule has 0 aliphatic carbocycles. The van der Waals surface area contributed by atoms with Gasteiger partial charge in [0, 0.05) is 11.3 Å². The maximum Gasteiger partial charge on any atom is 0.349 e. The second-order valence-electron chi connectivity index (χ2n) is 6.31. The van der Waals surface area contributed by atoms with Crippen LogP contribution in [0.4, 0.5) is 5.69 Å². The molecule has 144 valence electrons. The predicted molar refractivity (Wildman–Crippen MR) is 114 cm³/mol. The number of hydrogen-bond acceptors (Lipinski definition) is 4. The van der Waals surface area contributed by atoms with Gasteiger partial charge >= 0.3 is 5.97 Å². The zero-order chi connectivity index (χ0) is 19.9. The van der Waals surface area contributed by atoms with Crippen LogP contribution in [0.1, 0.15) is 34.6 Å². The lowest BCUT2D eigenvalue weighted by molar-refractivity contribution is -0.119. The van der Waals surface area contributed by atoms with Gasteiger partial charge in [-0.05, 0) is 41.0 Å². The molecule has 0 radical (unpaired) electrons. The molecule has 0 atom stereocenters. The third-order valence-electron chi connectivity index (χ3n) is 4.53. The highest BCUT2D eigenvalue weighted by atomic mass is 32.1. The van der Waals surface area contributed by atoms with Crippen LogP contribution in [0.2, 0.25) is 0 Å². The highest BCUT2D eigenvalue weighted by molar-refractivity contribution is 7.12. The molecule has 4 nitrogen and oxygen atoms in total. The normalized spacial score (nSPS) is 10.5. The van der Waals surface area contributed by atoms with E-state index >= 15 is 0 Å². The number of thiophene rings is 1. The highest BCUT2D eigenvalue weighted by Crippen LogP contribution is 2.29. The van der Waals surface area contributed by atoms with Crippen molar-refractivity contribution >= 4 is 28.9 Å². The van der Waals surface area contributed by atoms with E-state index in [1.54, 1.807) is 0 Å². The fourth-order valence-corrected chi connectivity index (χ4v) is 3.90. The Morgan fingerprint density at radius 3 is 2.25 bits per heavy atom. The number of ether oxygens (including phenoxy) is 1. The number of amides is 1. The summed E-state index contributed by atoms with van der Waals surface area (Å²) < 4.78 is 5.29. The Bertz CT molecular complexity index is 941.